The fourth-order valence-corrected chi connectivity index (χ4v) is 2.78. The SMILES string of the molecule is N#CC1=C(c2ccccc2)OC(=O)C[C@H]1c1ccccc1[N+](=O)[O-]. The molecule has 0 saturated heterocycles. The van der Waals surface area contributed by atoms with Gasteiger partial charge >= 0.3 is 5.97 Å². The Labute approximate surface area is 137 Å². The van der Waals surface area contributed by atoms with Crippen molar-refractivity contribution in [3.8, 4) is 6.07 Å². The maximum atomic E-state index is 12.0. The van der Waals surface area contributed by atoms with Gasteiger partial charge in [0.15, 0.2) is 5.76 Å². The number of ether oxygens (including phenoxy) is 1. The van der Waals surface area contributed by atoms with Gasteiger partial charge in [0.25, 0.3) is 5.69 Å². The second kappa shape index (κ2) is 6.34. The highest BCUT2D eigenvalue weighted by Crippen LogP contribution is 2.41. The first-order chi connectivity index (χ1) is 11.6. The molecule has 24 heavy (non-hydrogen) atoms. The zero-order valence-corrected chi connectivity index (χ0v) is 12.5. The molecule has 0 bridgehead atoms. The highest BCUT2D eigenvalue weighted by atomic mass is 16.6. The molecule has 0 unspecified atom stereocenters. The van der Waals surface area contributed by atoms with E-state index in [1.807, 2.05) is 0 Å². The molecule has 0 spiro atoms. The summed E-state index contributed by atoms with van der Waals surface area (Å²) in [6.07, 6.45) is -0.107. The third-order valence-corrected chi connectivity index (χ3v) is 3.85. The van der Waals surface area contributed by atoms with Crippen LogP contribution in [-0.4, -0.2) is 10.9 Å². The lowest BCUT2D eigenvalue weighted by Crippen LogP contribution is -2.20. The number of benzene rings is 2. The normalized spacial score (nSPS) is 17.1. The molecule has 0 fully saturated rings. The average Bonchev–Trinajstić information content (AvgIpc) is 2.61. The number of esters is 1. The third kappa shape index (κ3) is 2.75. The van der Waals surface area contributed by atoms with Crippen LogP contribution >= 0.6 is 0 Å². The second-order valence-electron chi connectivity index (χ2n) is 5.27. The zero-order valence-electron chi connectivity index (χ0n) is 12.5. The Morgan fingerprint density at radius 3 is 2.46 bits per heavy atom. The number of rotatable bonds is 3. The van der Waals surface area contributed by atoms with E-state index in [2.05, 4.69) is 6.07 Å². The molecule has 118 valence electrons. The molecule has 1 aliphatic heterocycles. The quantitative estimate of drug-likeness (QED) is 0.489. The average molecular weight is 320 g/mol. The Balaban J connectivity index is 2.20. The van der Waals surface area contributed by atoms with Gasteiger partial charge < -0.3 is 4.74 Å². The van der Waals surface area contributed by atoms with Gasteiger partial charge in [-0.15, -0.1) is 0 Å². The minimum Gasteiger partial charge on any atom is -0.425 e. The standard InChI is InChI=1S/C18H12N2O4/c19-11-15-14(13-8-4-5-9-16(13)20(22)23)10-17(21)24-18(15)12-6-2-1-3-7-12/h1-9,14H,10H2/t14-/m0/s1. The van der Waals surface area contributed by atoms with Crippen LogP contribution in [0.5, 0.6) is 0 Å². The number of carbonyl (C=O) groups excluding carboxylic acids is 1. The molecule has 3 rings (SSSR count). The van der Waals surface area contributed by atoms with Gasteiger partial charge in [-0.2, -0.15) is 5.26 Å². The van der Waals surface area contributed by atoms with Gasteiger partial charge in [-0.1, -0.05) is 48.5 Å². The van der Waals surface area contributed by atoms with Crippen molar-refractivity contribution in [2.45, 2.75) is 12.3 Å². The van der Waals surface area contributed by atoms with Crippen molar-refractivity contribution in [1.82, 2.24) is 0 Å². The first kappa shape index (κ1) is 15.4. The monoisotopic (exact) mass is 320 g/mol. The van der Waals surface area contributed by atoms with E-state index in [0.29, 0.717) is 11.1 Å². The lowest BCUT2D eigenvalue weighted by molar-refractivity contribution is -0.385. The lowest BCUT2D eigenvalue weighted by atomic mass is 9.84. The first-order valence-corrected chi connectivity index (χ1v) is 7.25. The zero-order chi connectivity index (χ0) is 17.1. The molecule has 2 aromatic rings. The molecule has 2 aromatic carbocycles. The maximum absolute atomic E-state index is 12.0. The van der Waals surface area contributed by atoms with Gasteiger partial charge in [0.1, 0.15) is 0 Å². The van der Waals surface area contributed by atoms with Crippen LogP contribution in [0.4, 0.5) is 5.69 Å². The van der Waals surface area contributed by atoms with E-state index in [0.717, 1.165) is 0 Å². The fraction of sp³-hybridized carbons (Fsp3) is 0.111. The van der Waals surface area contributed by atoms with E-state index in [-0.39, 0.29) is 23.4 Å². The molecule has 0 saturated carbocycles. The van der Waals surface area contributed by atoms with E-state index in [9.17, 15) is 20.2 Å². The van der Waals surface area contributed by atoms with Crippen LogP contribution in [0.2, 0.25) is 0 Å². The summed E-state index contributed by atoms with van der Waals surface area (Å²) >= 11 is 0. The largest absolute Gasteiger partial charge is 0.425 e. The minimum atomic E-state index is -0.701. The summed E-state index contributed by atoms with van der Waals surface area (Å²) in [5.41, 5.74) is 1.03. The van der Waals surface area contributed by atoms with Crippen molar-refractivity contribution in [3.05, 3.63) is 81.4 Å². The summed E-state index contributed by atoms with van der Waals surface area (Å²) in [5, 5.41) is 20.9. The van der Waals surface area contributed by atoms with Crippen LogP contribution in [0.15, 0.2) is 60.2 Å². The lowest BCUT2D eigenvalue weighted by Gasteiger charge is -2.24. The molecule has 0 aromatic heterocycles. The number of hydrogen-bond acceptors (Lipinski definition) is 5. The van der Waals surface area contributed by atoms with Crippen molar-refractivity contribution in [1.29, 1.82) is 5.26 Å². The fourth-order valence-electron chi connectivity index (χ4n) is 2.78. The molecule has 6 heteroatoms. The van der Waals surface area contributed by atoms with Gasteiger partial charge in [0.05, 0.1) is 23.0 Å². The summed E-state index contributed by atoms with van der Waals surface area (Å²) in [6.45, 7) is 0. The number of carbonyl (C=O) groups is 1. The Morgan fingerprint density at radius 1 is 1.12 bits per heavy atom. The third-order valence-electron chi connectivity index (χ3n) is 3.85. The Kier molecular flexibility index (Phi) is 4.08. The number of cyclic esters (lactones) is 1. The minimum absolute atomic E-state index is 0.107. The number of nitrogens with zero attached hydrogens (tertiary/aromatic N) is 2. The molecule has 0 aliphatic carbocycles. The highest BCUT2D eigenvalue weighted by molar-refractivity contribution is 5.86. The van der Waals surface area contributed by atoms with E-state index in [1.165, 1.54) is 6.07 Å². The van der Waals surface area contributed by atoms with Crippen molar-refractivity contribution in [3.63, 3.8) is 0 Å². The molecular weight excluding hydrogens is 308 g/mol. The van der Waals surface area contributed by atoms with E-state index < -0.39 is 16.8 Å². The number of allylic oxidation sites excluding steroid dienone is 1. The molecule has 1 aliphatic rings. The van der Waals surface area contributed by atoms with Crippen molar-refractivity contribution >= 4 is 17.4 Å². The van der Waals surface area contributed by atoms with Crippen LogP contribution in [-0.2, 0) is 9.53 Å². The molecule has 1 atom stereocenters. The second-order valence-corrected chi connectivity index (χ2v) is 5.27. The highest BCUT2D eigenvalue weighted by Gasteiger charge is 2.35. The molecule has 1 heterocycles. The molecule has 0 N–H and O–H groups in total. The summed E-state index contributed by atoms with van der Waals surface area (Å²) in [5.74, 6) is -1.05. The van der Waals surface area contributed by atoms with Crippen LogP contribution in [0.25, 0.3) is 5.76 Å². The van der Waals surface area contributed by atoms with Gasteiger partial charge in [-0.05, 0) is 0 Å². The van der Waals surface area contributed by atoms with Crippen molar-refractivity contribution in [2.75, 3.05) is 0 Å². The first-order valence-electron chi connectivity index (χ1n) is 7.25. The predicted octanol–water partition coefficient (Wildman–Crippen LogP) is 3.56. The van der Waals surface area contributed by atoms with E-state index >= 15 is 0 Å². The summed E-state index contributed by atoms with van der Waals surface area (Å²) < 4.78 is 5.28. The van der Waals surface area contributed by atoms with E-state index in [4.69, 9.17) is 4.74 Å². The number of nitriles is 1. The molecular formula is C18H12N2O4. The molecule has 0 amide bonds. The van der Waals surface area contributed by atoms with E-state index in [1.54, 1.807) is 48.5 Å². The van der Waals surface area contributed by atoms with Crippen molar-refractivity contribution in [2.24, 2.45) is 0 Å². The van der Waals surface area contributed by atoms with Gasteiger partial charge in [0, 0.05) is 23.1 Å². The van der Waals surface area contributed by atoms with Gasteiger partial charge in [-0.3, -0.25) is 14.9 Å². The number of nitro benzene ring substituents is 1. The maximum Gasteiger partial charge on any atom is 0.312 e. The topological polar surface area (TPSA) is 93.2 Å². The van der Waals surface area contributed by atoms with Crippen LogP contribution in [0.1, 0.15) is 23.5 Å². The number of para-hydroxylation sites is 1. The Hall–Kier alpha value is -3.46. The molecule has 0 radical (unpaired) electrons. The van der Waals surface area contributed by atoms with Crippen LogP contribution in [0, 0.1) is 21.4 Å². The number of hydrogen-bond donors (Lipinski definition) is 0. The summed E-state index contributed by atoms with van der Waals surface area (Å²) in [6, 6.07) is 17.0. The number of nitro groups is 1. The summed E-state index contributed by atoms with van der Waals surface area (Å²) in [4.78, 5) is 22.8. The van der Waals surface area contributed by atoms with Crippen molar-refractivity contribution < 1.29 is 14.5 Å². The summed E-state index contributed by atoms with van der Waals surface area (Å²) in [7, 11) is 0. The molecule has 6 nitrogen and oxygen atoms in total. The Morgan fingerprint density at radius 2 is 1.79 bits per heavy atom. The van der Waals surface area contributed by atoms with Gasteiger partial charge in [0.2, 0.25) is 0 Å². The van der Waals surface area contributed by atoms with Gasteiger partial charge in [-0.25, -0.2) is 0 Å². The predicted molar refractivity (Wildman–Crippen MR) is 85.5 cm³/mol. The van der Waals surface area contributed by atoms with Crippen LogP contribution < -0.4 is 0 Å². The van der Waals surface area contributed by atoms with Crippen LogP contribution in [0.3, 0.4) is 0 Å². The Bertz CT molecular complexity index is 881. The smallest absolute Gasteiger partial charge is 0.312 e.